The molecular weight excluding hydrogens is 439 g/mol. The minimum atomic E-state index is -0.0920. The number of aryl methyl sites for hydroxylation is 1. The fraction of sp³-hybridized carbons (Fsp3) is 0.688. The molecule has 136 valence electrons. The molecule has 1 fully saturated rings. The van der Waals surface area contributed by atoms with E-state index in [0.717, 1.165) is 49.0 Å². The zero-order valence-corrected chi connectivity index (χ0v) is 17.7. The van der Waals surface area contributed by atoms with Crippen LogP contribution in [0.15, 0.2) is 10.4 Å². The Kier molecular flexibility index (Phi) is 9.57. The molecule has 0 saturated carbocycles. The summed E-state index contributed by atoms with van der Waals surface area (Å²) in [4.78, 5) is 22.9. The first-order valence-corrected chi connectivity index (χ1v) is 9.05. The van der Waals surface area contributed by atoms with Gasteiger partial charge in [-0.1, -0.05) is 0 Å². The van der Waals surface area contributed by atoms with Crippen molar-refractivity contribution in [2.45, 2.75) is 33.1 Å². The van der Waals surface area contributed by atoms with Gasteiger partial charge in [0.2, 0.25) is 0 Å². The normalized spacial score (nSPS) is 18.0. The maximum atomic E-state index is 11.9. The largest absolute Gasteiger partial charge is 0.466 e. The van der Waals surface area contributed by atoms with Crippen molar-refractivity contribution >= 4 is 47.2 Å². The second kappa shape index (κ2) is 10.9. The number of guanidine groups is 1. The second-order valence-corrected chi connectivity index (χ2v) is 6.68. The van der Waals surface area contributed by atoms with E-state index in [9.17, 15) is 4.79 Å². The van der Waals surface area contributed by atoms with Crippen molar-refractivity contribution in [2.75, 3.05) is 33.3 Å². The summed E-state index contributed by atoms with van der Waals surface area (Å²) in [5.41, 5.74) is 1.11. The molecule has 1 aromatic heterocycles. The number of piperidine rings is 1. The molecule has 0 radical (unpaired) electrons. The molecule has 1 saturated heterocycles. The van der Waals surface area contributed by atoms with Crippen LogP contribution in [0.2, 0.25) is 0 Å². The van der Waals surface area contributed by atoms with Crippen LogP contribution in [-0.4, -0.2) is 55.1 Å². The molecule has 6 nitrogen and oxygen atoms in total. The molecule has 0 amide bonds. The van der Waals surface area contributed by atoms with Crippen LogP contribution in [0.4, 0.5) is 0 Å². The molecule has 2 rings (SSSR count). The fourth-order valence-electron chi connectivity index (χ4n) is 2.78. The van der Waals surface area contributed by atoms with E-state index in [-0.39, 0.29) is 35.9 Å². The molecule has 1 aromatic rings. The van der Waals surface area contributed by atoms with Crippen LogP contribution in [0.3, 0.4) is 0 Å². The summed E-state index contributed by atoms with van der Waals surface area (Å²) in [6.45, 7) is 6.69. The van der Waals surface area contributed by atoms with E-state index >= 15 is 0 Å². The lowest BCUT2D eigenvalue weighted by molar-refractivity contribution is -0.149. The fourth-order valence-corrected chi connectivity index (χ4v) is 3.43. The van der Waals surface area contributed by atoms with E-state index in [1.165, 1.54) is 0 Å². The Morgan fingerprint density at radius 3 is 3.00 bits per heavy atom. The van der Waals surface area contributed by atoms with E-state index in [1.54, 1.807) is 18.4 Å². The van der Waals surface area contributed by atoms with Crippen LogP contribution in [0.5, 0.6) is 0 Å². The summed E-state index contributed by atoms with van der Waals surface area (Å²) in [5.74, 6) is 0.708. The number of nitrogens with one attached hydrogen (secondary N) is 1. The zero-order valence-electron chi connectivity index (χ0n) is 14.6. The van der Waals surface area contributed by atoms with Gasteiger partial charge >= 0.3 is 5.97 Å². The number of esters is 1. The number of thiazole rings is 1. The van der Waals surface area contributed by atoms with Crippen molar-refractivity contribution in [1.82, 2.24) is 15.2 Å². The molecule has 0 spiro atoms. The van der Waals surface area contributed by atoms with Gasteiger partial charge in [0.15, 0.2) is 5.96 Å². The lowest BCUT2D eigenvalue weighted by Gasteiger charge is -2.33. The molecule has 0 aromatic carbocycles. The van der Waals surface area contributed by atoms with E-state index < -0.39 is 0 Å². The molecule has 1 unspecified atom stereocenters. The first-order valence-electron chi connectivity index (χ1n) is 8.17. The number of nitrogens with zero attached hydrogens (tertiary/aromatic N) is 3. The van der Waals surface area contributed by atoms with Gasteiger partial charge in [-0.2, -0.15) is 0 Å². The number of aromatic nitrogens is 1. The van der Waals surface area contributed by atoms with Gasteiger partial charge in [-0.05, 0) is 26.7 Å². The Hall–Kier alpha value is -0.900. The summed E-state index contributed by atoms with van der Waals surface area (Å²) in [5, 5.41) is 6.57. The summed E-state index contributed by atoms with van der Waals surface area (Å²) in [6.07, 6.45) is 2.75. The Bertz CT molecular complexity index is 550. The maximum absolute atomic E-state index is 11.9. The number of carbonyl (C=O) groups is 1. The predicted molar refractivity (Wildman–Crippen MR) is 108 cm³/mol. The molecule has 0 aliphatic carbocycles. The molecule has 1 N–H and O–H groups in total. The van der Waals surface area contributed by atoms with E-state index in [1.807, 2.05) is 13.8 Å². The van der Waals surface area contributed by atoms with Gasteiger partial charge in [0, 0.05) is 38.5 Å². The highest BCUT2D eigenvalue weighted by molar-refractivity contribution is 14.0. The zero-order chi connectivity index (χ0) is 16.7. The van der Waals surface area contributed by atoms with Gasteiger partial charge in [0.25, 0.3) is 0 Å². The highest BCUT2D eigenvalue weighted by atomic mass is 127. The summed E-state index contributed by atoms with van der Waals surface area (Å²) in [7, 11) is 1.78. The Balaban J connectivity index is 0.00000288. The first kappa shape index (κ1) is 21.1. The Labute approximate surface area is 165 Å². The van der Waals surface area contributed by atoms with E-state index in [4.69, 9.17) is 4.74 Å². The molecule has 8 heteroatoms. The third kappa shape index (κ3) is 6.19. The van der Waals surface area contributed by atoms with Gasteiger partial charge in [-0.15, -0.1) is 35.3 Å². The van der Waals surface area contributed by atoms with Crippen molar-refractivity contribution in [3.63, 3.8) is 0 Å². The first-order chi connectivity index (χ1) is 11.1. The van der Waals surface area contributed by atoms with Crippen LogP contribution < -0.4 is 5.32 Å². The van der Waals surface area contributed by atoms with Crippen molar-refractivity contribution in [3.05, 3.63) is 16.1 Å². The average molecular weight is 466 g/mol. The van der Waals surface area contributed by atoms with Crippen LogP contribution in [0.1, 0.15) is 30.5 Å². The van der Waals surface area contributed by atoms with Gasteiger partial charge in [0.1, 0.15) is 0 Å². The number of hydrogen-bond donors (Lipinski definition) is 1. The standard InChI is InChI=1S/C16H26N4O2S.HI/c1-4-22-15(21)13-6-5-9-20(10-13)16(17-3)18-8-7-14-11-23-12(2)19-14;/h11,13H,4-10H2,1-3H3,(H,17,18);1H. The Morgan fingerprint density at radius 1 is 1.58 bits per heavy atom. The monoisotopic (exact) mass is 466 g/mol. The third-order valence-electron chi connectivity index (χ3n) is 3.88. The summed E-state index contributed by atoms with van der Waals surface area (Å²) >= 11 is 1.67. The minimum absolute atomic E-state index is 0. The van der Waals surface area contributed by atoms with Crippen LogP contribution in [-0.2, 0) is 16.0 Å². The SMILES string of the molecule is CCOC(=O)C1CCCN(C(=NC)NCCc2csc(C)n2)C1.I. The van der Waals surface area contributed by atoms with Gasteiger partial charge in [-0.3, -0.25) is 9.79 Å². The van der Waals surface area contributed by atoms with Crippen molar-refractivity contribution in [3.8, 4) is 0 Å². The number of hydrogen-bond acceptors (Lipinski definition) is 5. The van der Waals surface area contributed by atoms with Gasteiger partial charge in [0.05, 0.1) is 23.2 Å². The third-order valence-corrected chi connectivity index (χ3v) is 4.71. The second-order valence-electron chi connectivity index (χ2n) is 5.62. The average Bonchev–Trinajstić information content (AvgIpc) is 2.97. The van der Waals surface area contributed by atoms with Crippen LogP contribution in [0, 0.1) is 12.8 Å². The number of rotatable bonds is 5. The molecule has 2 heterocycles. The molecule has 1 atom stereocenters. The molecular formula is C16H27IN4O2S. The predicted octanol–water partition coefficient (Wildman–Crippen LogP) is 2.46. The molecule has 1 aliphatic heterocycles. The minimum Gasteiger partial charge on any atom is -0.466 e. The summed E-state index contributed by atoms with van der Waals surface area (Å²) < 4.78 is 5.15. The maximum Gasteiger partial charge on any atom is 0.310 e. The quantitative estimate of drug-likeness (QED) is 0.313. The van der Waals surface area contributed by atoms with Crippen molar-refractivity contribution < 1.29 is 9.53 Å². The number of carbonyl (C=O) groups excluding carboxylic acids is 1. The number of halogens is 1. The lowest BCUT2D eigenvalue weighted by atomic mass is 9.98. The van der Waals surface area contributed by atoms with Crippen LogP contribution >= 0.6 is 35.3 Å². The topological polar surface area (TPSA) is 66.8 Å². The van der Waals surface area contributed by atoms with Crippen molar-refractivity contribution in [2.24, 2.45) is 10.9 Å². The van der Waals surface area contributed by atoms with Crippen LogP contribution in [0.25, 0.3) is 0 Å². The smallest absolute Gasteiger partial charge is 0.310 e. The van der Waals surface area contributed by atoms with Crippen molar-refractivity contribution in [1.29, 1.82) is 0 Å². The number of aliphatic imine (C=N–C) groups is 1. The molecule has 0 bridgehead atoms. The van der Waals surface area contributed by atoms with E-state index in [2.05, 4.69) is 25.6 Å². The Morgan fingerprint density at radius 2 is 2.38 bits per heavy atom. The molecule has 24 heavy (non-hydrogen) atoms. The molecule has 1 aliphatic rings. The highest BCUT2D eigenvalue weighted by Crippen LogP contribution is 2.18. The number of likely N-dealkylation sites (tertiary alicyclic amines) is 1. The highest BCUT2D eigenvalue weighted by Gasteiger charge is 2.28. The number of ether oxygens (including phenoxy) is 1. The lowest BCUT2D eigenvalue weighted by Crippen LogP contribution is -2.48. The summed E-state index contributed by atoms with van der Waals surface area (Å²) in [6, 6.07) is 0. The van der Waals surface area contributed by atoms with E-state index in [0.29, 0.717) is 13.2 Å². The van der Waals surface area contributed by atoms with Gasteiger partial charge < -0.3 is 15.0 Å². The van der Waals surface area contributed by atoms with Gasteiger partial charge in [-0.25, -0.2) is 4.98 Å².